The summed E-state index contributed by atoms with van der Waals surface area (Å²) >= 11 is 0. The Morgan fingerprint density at radius 1 is 0.500 bits per heavy atom. The van der Waals surface area contributed by atoms with Crippen LogP contribution in [-0.4, -0.2) is 81.1 Å². The normalized spacial score (nSPS) is 11.3. The lowest BCUT2D eigenvalue weighted by atomic mass is 10.1. The first-order valence-corrected chi connectivity index (χ1v) is 18.8. The predicted molar refractivity (Wildman–Crippen MR) is 175 cm³/mol. The molecule has 4 N–H and O–H groups in total. The van der Waals surface area contributed by atoms with Gasteiger partial charge in [0.2, 0.25) is 0 Å². The van der Waals surface area contributed by atoms with Gasteiger partial charge in [-0.1, -0.05) is 18.2 Å². The zero-order valence-electron chi connectivity index (χ0n) is 25.9. The van der Waals surface area contributed by atoms with Crippen LogP contribution in [0.15, 0.2) is 66.7 Å². The number of aryl methyl sites for hydroxylation is 3. The standard InChI is InChI=1S/C11H16O4S.C10H14O4S.C9H12O5S/c1-9-6-10(2)8-11(7-9)15-4-3-5-16(12,13)14;1-9-4-2-5-10(8-9)14-6-3-7-15(11,12)13;10-8-2-4-9(5-3-8)14-6-1-7-15(11,12)13/h6-8H,3-5H2,1-2H3,(H,12,13,14);2,4-5,8H,3,6-7H2,1H3,(H,11,12,13);2-5,10H,1,6-7H2,(H,11,12,13). The lowest BCUT2D eigenvalue weighted by molar-refractivity contribution is 0.315. The highest BCUT2D eigenvalue weighted by atomic mass is 32.2. The molecule has 0 fully saturated rings. The fraction of sp³-hybridized carbons (Fsp3) is 0.400. The minimum atomic E-state index is -3.91. The smallest absolute Gasteiger partial charge is 0.264 e. The monoisotopic (exact) mass is 706 g/mol. The Morgan fingerprint density at radius 2 is 0.891 bits per heavy atom. The number of ether oxygens (including phenoxy) is 3. The van der Waals surface area contributed by atoms with E-state index < -0.39 is 30.4 Å². The summed E-state index contributed by atoms with van der Waals surface area (Å²) in [4.78, 5) is 0. The first-order chi connectivity index (χ1) is 21.3. The third kappa shape index (κ3) is 23.0. The Kier molecular flexibility index (Phi) is 17.6. The molecule has 0 aliphatic heterocycles. The lowest BCUT2D eigenvalue weighted by Gasteiger charge is -2.07. The maximum atomic E-state index is 10.5. The van der Waals surface area contributed by atoms with E-state index in [9.17, 15) is 25.3 Å². The van der Waals surface area contributed by atoms with E-state index in [0.29, 0.717) is 11.5 Å². The van der Waals surface area contributed by atoms with Crippen molar-refractivity contribution in [3.63, 3.8) is 0 Å². The molecule has 0 radical (unpaired) electrons. The van der Waals surface area contributed by atoms with Crippen LogP contribution in [0.5, 0.6) is 23.0 Å². The second kappa shape index (κ2) is 20.0. The summed E-state index contributed by atoms with van der Waals surface area (Å²) in [6.45, 7) is 6.65. The fourth-order valence-electron chi connectivity index (χ4n) is 3.56. The quantitative estimate of drug-likeness (QED) is 0.125. The Balaban J connectivity index is 0.000000345. The third-order valence-corrected chi connectivity index (χ3v) is 7.88. The minimum absolute atomic E-state index is 0.139. The summed E-state index contributed by atoms with van der Waals surface area (Å²) < 4.78 is 104. The van der Waals surface area contributed by atoms with Gasteiger partial charge in [0, 0.05) is 0 Å². The van der Waals surface area contributed by atoms with Crippen LogP contribution >= 0.6 is 0 Å². The van der Waals surface area contributed by atoms with Crippen molar-refractivity contribution in [2.45, 2.75) is 40.0 Å². The number of aromatic hydroxyl groups is 1. The van der Waals surface area contributed by atoms with Gasteiger partial charge in [-0.15, -0.1) is 0 Å². The van der Waals surface area contributed by atoms with Crippen LogP contribution in [0.25, 0.3) is 0 Å². The van der Waals surface area contributed by atoms with Crippen molar-refractivity contribution >= 4 is 30.4 Å². The largest absolute Gasteiger partial charge is 0.508 e. The van der Waals surface area contributed by atoms with Gasteiger partial charge < -0.3 is 19.3 Å². The third-order valence-electron chi connectivity index (χ3n) is 5.47. The van der Waals surface area contributed by atoms with E-state index in [1.54, 1.807) is 18.2 Å². The summed E-state index contributed by atoms with van der Waals surface area (Å²) in [5.41, 5.74) is 3.29. The molecule has 3 rings (SSSR count). The highest BCUT2D eigenvalue weighted by Gasteiger charge is 2.06. The van der Waals surface area contributed by atoms with E-state index in [0.717, 1.165) is 22.4 Å². The summed E-state index contributed by atoms with van der Waals surface area (Å²) in [5, 5.41) is 8.97. The van der Waals surface area contributed by atoms with E-state index in [2.05, 4.69) is 0 Å². The molecule has 16 heteroatoms. The number of benzene rings is 3. The number of hydrogen-bond acceptors (Lipinski definition) is 10. The van der Waals surface area contributed by atoms with Crippen LogP contribution in [0.3, 0.4) is 0 Å². The van der Waals surface area contributed by atoms with Gasteiger partial charge in [0.25, 0.3) is 30.4 Å². The van der Waals surface area contributed by atoms with Crippen molar-refractivity contribution in [1.82, 2.24) is 0 Å². The summed E-state index contributed by atoms with van der Waals surface area (Å²) in [7, 11) is -11.6. The Hall–Kier alpha value is -3.41. The molecule has 0 aromatic heterocycles. The molecule has 0 bridgehead atoms. The van der Waals surface area contributed by atoms with Gasteiger partial charge in [-0.05, 0) is 105 Å². The highest BCUT2D eigenvalue weighted by molar-refractivity contribution is 7.86. The topological polar surface area (TPSA) is 211 Å². The molecule has 0 unspecified atom stereocenters. The molecule has 3 aromatic carbocycles. The van der Waals surface area contributed by atoms with Crippen molar-refractivity contribution in [1.29, 1.82) is 0 Å². The zero-order valence-corrected chi connectivity index (χ0v) is 28.4. The Morgan fingerprint density at radius 3 is 1.30 bits per heavy atom. The van der Waals surface area contributed by atoms with Gasteiger partial charge >= 0.3 is 0 Å². The van der Waals surface area contributed by atoms with Crippen molar-refractivity contribution < 1.29 is 58.2 Å². The van der Waals surface area contributed by atoms with E-state index in [4.69, 9.17) is 33.0 Å². The van der Waals surface area contributed by atoms with Crippen molar-refractivity contribution in [2.75, 3.05) is 37.1 Å². The molecule has 46 heavy (non-hydrogen) atoms. The lowest BCUT2D eigenvalue weighted by Crippen LogP contribution is -2.08. The van der Waals surface area contributed by atoms with Crippen LogP contribution < -0.4 is 14.2 Å². The zero-order chi connectivity index (χ0) is 34.8. The van der Waals surface area contributed by atoms with E-state index in [1.807, 2.05) is 57.2 Å². The second-order valence-electron chi connectivity index (χ2n) is 10.1. The first kappa shape index (κ1) is 40.6. The molecule has 0 amide bonds. The van der Waals surface area contributed by atoms with Gasteiger partial charge in [0.05, 0.1) is 37.1 Å². The van der Waals surface area contributed by atoms with E-state index in [1.165, 1.54) is 12.1 Å². The maximum Gasteiger partial charge on any atom is 0.264 e. The molecular formula is C30H42O13S3. The van der Waals surface area contributed by atoms with Crippen LogP contribution in [0.4, 0.5) is 0 Å². The number of hydrogen-bond donors (Lipinski definition) is 4. The van der Waals surface area contributed by atoms with E-state index >= 15 is 0 Å². The maximum absolute atomic E-state index is 10.5. The summed E-state index contributed by atoms with van der Waals surface area (Å²) in [5.74, 6) is 1.28. The number of rotatable bonds is 15. The van der Waals surface area contributed by atoms with Gasteiger partial charge in [0.15, 0.2) is 0 Å². The fourth-order valence-corrected chi connectivity index (χ4v) is 5.01. The van der Waals surface area contributed by atoms with Gasteiger partial charge in [-0.3, -0.25) is 13.7 Å². The predicted octanol–water partition coefficient (Wildman–Crippen LogP) is 4.66. The van der Waals surface area contributed by atoms with Crippen LogP contribution in [0.1, 0.15) is 36.0 Å². The summed E-state index contributed by atoms with van der Waals surface area (Å²) in [6.07, 6.45) is 0.790. The van der Waals surface area contributed by atoms with Gasteiger partial charge in [-0.2, -0.15) is 25.3 Å². The van der Waals surface area contributed by atoms with Crippen molar-refractivity contribution in [3.05, 3.63) is 83.4 Å². The molecule has 3 aromatic rings. The van der Waals surface area contributed by atoms with E-state index in [-0.39, 0.29) is 62.1 Å². The molecular weight excluding hydrogens is 665 g/mol. The Labute approximate surface area is 271 Å². The number of phenols is 1. The average molecular weight is 707 g/mol. The first-order valence-electron chi connectivity index (χ1n) is 14.0. The summed E-state index contributed by atoms with van der Waals surface area (Å²) in [6, 6.07) is 19.4. The minimum Gasteiger partial charge on any atom is -0.508 e. The SMILES string of the molecule is Cc1cc(C)cc(OCCCS(=O)(=O)O)c1.Cc1cccc(OCCCS(=O)(=O)O)c1.O=S(=O)(O)CCCOc1ccc(O)cc1. The highest BCUT2D eigenvalue weighted by Crippen LogP contribution is 2.17. The molecule has 0 heterocycles. The van der Waals surface area contributed by atoms with Gasteiger partial charge in [0.1, 0.15) is 23.0 Å². The van der Waals surface area contributed by atoms with Crippen molar-refractivity contribution in [3.8, 4) is 23.0 Å². The molecule has 0 spiro atoms. The number of phenolic OH excluding ortho intramolecular Hbond substituents is 1. The second-order valence-corrected chi connectivity index (χ2v) is 14.8. The van der Waals surface area contributed by atoms with Crippen LogP contribution in [0.2, 0.25) is 0 Å². The molecule has 0 aliphatic rings. The molecule has 0 saturated carbocycles. The van der Waals surface area contributed by atoms with Gasteiger partial charge in [-0.25, -0.2) is 0 Å². The van der Waals surface area contributed by atoms with Crippen molar-refractivity contribution in [2.24, 2.45) is 0 Å². The molecule has 258 valence electrons. The van der Waals surface area contributed by atoms with Crippen LogP contribution in [0, 0.1) is 20.8 Å². The molecule has 0 atom stereocenters. The van der Waals surface area contributed by atoms with Crippen LogP contribution in [-0.2, 0) is 30.4 Å². The molecule has 13 nitrogen and oxygen atoms in total. The average Bonchev–Trinajstić information content (AvgIpc) is 2.91. The Bertz CT molecular complexity index is 1630. The molecule has 0 saturated heterocycles. The molecule has 0 aliphatic carbocycles.